The minimum Gasteiger partial charge on any atom is -0.320 e. The molecular formula is C15H14N2O2. The molecule has 0 aliphatic rings. The maximum Gasteiger partial charge on any atom is 0.274 e. The summed E-state index contributed by atoms with van der Waals surface area (Å²) in [6, 6.07) is 10.4. The van der Waals surface area contributed by atoms with Gasteiger partial charge in [-0.25, -0.2) is 0 Å². The molecule has 1 amide bonds. The molecule has 19 heavy (non-hydrogen) atoms. The molecular weight excluding hydrogens is 240 g/mol. The monoisotopic (exact) mass is 254 g/mol. The lowest BCUT2D eigenvalue weighted by Gasteiger charge is -2.09. The van der Waals surface area contributed by atoms with Crippen LogP contribution >= 0.6 is 0 Å². The Balaban J connectivity index is 2.26. The molecule has 2 aromatic rings. The summed E-state index contributed by atoms with van der Waals surface area (Å²) in [5, 5.41) is 2.77. The largest absolute Gasteiger partial charge is 0.320 e. The second-order valence-electron chi connectivity index (χ2n) is 4.25. The molecule has 2 rings (SSSR count). The molecule has 0 aliphatic heterocycles. The third-order valence-electron chi connectivity index (χ3n) is 2.79. The Morgan fingerprint density at radius 2 is 1.95 bits per heavy atom. The lowest BCUT2D eigenvalue weighted by Crippen LogP contribution is -2.14. The molecule has 0 fully saturated rings. The molecule has 0 radical (unpaired) electrons. The number of ketones is 1. The number of aryl methyl sites for hydroxylation is 1. The summed E-state index contributed by atoms with van der Waals surface area (Å²) in [5.41, 5.74) is 2.44. The predicted molar refractivity (Wildman–Crippen MR) is 73.4 cm³/mol. The van der Waals surface area contributed by atoms with Gasteiger partial charge in [-0.15, -0.1) is 0 Å². The summed E-state index contributed by atoms with van der Waals surface area (Å²) in [7, 11) is 0. The van der Waals surface area contributed by atoms with Gasteiger partial charge < -0.3 is 5.32 Å². The van der Waals surface area contributed by atoms with Crippen LogP contribution in [0.3, 0.4) is 0 Å². The van der Waals surface area contributed by atoms with Gasteiger partial charge in [0.25, 0.3) is 5.91 Å². The van der Waals surface area contributed by atoms with E-state index in [1.807, 2.05) is 13.0 Å². The fraction of sp³-hybridized carbons (Fsp3) is 0.133. The van der Waals surface area contributed by atoms with Gasteiger partial charge in [0.05, 0.1) is 0 Å². The van der Waals surface area contributed by atoms with Gasteiger partial charge in [-0.1, -0.05) is 18.2 Å². The van der Waals surface area contributed by atoms with Gasteiger partial charge >= 0.3 is 0 Å². The van der Waals surface area contributed by atoms with E-state index < -0.39 is 0 Å². The number of aromatic nitrogens is 1. The third-order valence-corrected chi connectivity index (χ3v) is 2.79. The summed E-state index contributed by atoms with van der Waals surface area (Å²) in [6.07, 6.45) is 1.56. The van der Waals surface area contributed by atoms with Crippen molar-refractivity contribution in [1.29, 1.82) is 0 Å². The highest BCUT2D eigenvalue weighted by atomic mass is 16.2. The molecule has 0 saturated heterocycles. The number of hydrogen-bond donors (Lipinski definition) is 1. The maximum absolute atomic E-state index is 12.0. The Hall–Kier alpha value is -2.49. The number of Topliss-reactive ketones (excluding diaryl/α,β-unsaturated/α-hetero) is 1. The molecule has 0 unspecified atom stereocenters. The minimum atomic E-state index is -0.288. The minimum absolute atomic E-state index is 0.0339. The number of carbonyl (C=O) groups excluding carboxylic acids is 2. The van der Waals surface area contributed by atoms with E-state index in [0.717, 1.165) is 5.56 Å². The van der Waals surface area contributed by atoms with E-state index in [1.165, 1.54) is 6.92 Å². The van der Waals surface area contributed by atoms with Crippen LogP contribution in [0.25, 0.3) is 0 Å². The topological polar surface area (TPSA) is 59.1 Å². The first-order valence-electron chi connectivity index (χ1n) is 5.92. The second-order valence-corrected chi connectivity index (χ2v) is 4.25. The number of anilines is 1. The van der Waals surface area contributed by atoms with Gasteiger partial charge in [-0.3, -0.25) is 14.6 Å². The zero-order valence-electron chi connectivity index (χ0n) is 10.8. The van der Waals surface area contributed by atoms with E-state index in [4.69, 9.17) is 0 Å². The highest BCUT2D eigenvalue weighted by Crippen LogP contribution is 2.18. The number of rotatable bonds is 3. The molecule has 4 nitrogen and oxygen atoms in total. The normalized spacial score (nSPS) is 10.0. The Morgan fingerprint density at radius 3 is 2.58 bits per heavy atom. The Morgan fingerprint density at radius 1 is 1.16 bits per heavy atom. The summed E-state index contributed by atoms with van der Waals surface area (Å²) in [5.74, 6) is -0.322. The lowest BCUT2D eigenvalue weighted by atomic mass is 10.1. The molecule has 0 atom stereocenters. The van der Waals surface area contributed by atoms with Crippen molar-refractivity contribution in [2.24, 2.45) is 0 Å². The average Bonchev–Trinajstić information content (AvgIpc) is 2.42. The van der Waals surface area contributed by atoms with Gasteiger partial charge in [0.1, 0.15) is 5.69 Å². The molecule has 1 N–H and O–H groups in total. The Labute approximate surface area is 111 Å². The van der Waals surface area contributed by atoms with Gasteiger partial charge in [0.15, 0.2) is 5.78 Å². The molecule has 1 aromatic heterocycles. The zero-order chi connectivity index (χ0) is 13.8. The van der Waals surface area contributed by atoms with Crippen LogP contribution in [0.5, 0.6) is 0 Å². The van der Waals surface area contributed by atoms with Gasteiger partial charge in [-0.05, 0) is 37.6 Å². The van der Waals surface area contributed by atoms with Gasteiger partial charge in [0, 0.05) is 17.4 Å². The number of nitrogens with zero attached hydrogens (tertiary/aromatic N) is 1. The van der Waals surface area contributed by atoms with E-state index in [9.17, 15) is 9.59 Å². The fourth-order valence-corrected chi connectivity index (χ4v) is 1.66. The first-order chi connectivity index (χ1) is 9.08. The van der Waals surface area contributed by atoms with E-state index in [2.05, 4.69) is 10.3 Å². The van der Waals surface area contributed by atoms with Crippen LogP contribution in [0.4, 0.5) is 5.69 Å². The molecule has 96 valence electrons. The average molecular weight is 254 g/mol. The van der Waals surface area contributed by atoms with Crippen LogP contribution in [0.2, 0.25) is 0 Å². The predicted octanol–water partition coefficient (Wildman–Crippen LogP) is 2.84. The number of amides is 1. The first kappa shape index (κ1) is 13.0. The summed E-state index contributed by atoms with van der Waals surface area (Å²) in [4.78, 5) is 27.3. The highest BCUT2D eigenvalue weighted by molar-refractivity contribution is 6.04. The highest BCUT2D eigenvalue weighted by Gasteiger charge is 2.10. The molecule has 0 aliphatic carbocycles. The van der Waals surface area contributed by atoms with Crippen molar-refractivity contribution in [2.45, 2.75) is 13.8 Å². The Kier molecular flexibility index (Phi) is 3.71. The third kappa shape index (κ3) is 3.04. The molecule has 1 heterocycles. The van der Waals surface area contributed by atoms with Crippen LogP contribution in [-0.2, 0) is 0 Å². The van der Waals surface area contributed by atoms with E-state index in [0.29, 0.717) is 16.9 Å². The second kappa shape index (κ2) is 5.44. The quantitative estimate of drug-likeness (QED) is 0.857. The van der Waals surface area contributed by atoms with Crippen LogP contribution in [0, 0.1) is 6.92 Å². The van der Waals surface area contributed by atoms with Crippen molar-refractivity contribution < 1.29 is 9.59 Å². The number of pyridine rings is 1. The van der Waals surface area contributed by atoms with E-state index in [-0.39, 0.29) is 11.7 Å². The van der Waals surface area contributed by atoms with Gasteiger partial charge in [-0.2, -0.15) is 0 Å². The summed E-state index contributed by atoms with van der Waals surface area (Å²) in [6.45, 7) is 3.37. The number of hydrogen-bond acceptors (Lipinski definition) is 3. The van der Waals surface area contributed by atoms with Crippen molar-refractivity contribution in [3.8, 4) is 0 Å². The van der Waals surface area contributed by atoms with Gasteiger partial charge in [0.2, 0.25) is 0 Å². The van der Waals surface area contributed by atoms with Crippen molar-refractivity contribution >= 4 is 17.4 Å². The van der Waals surface area contributed by atoms with Crippen LogP contribution < -0.4 is 5.32 Å². The molecule has 0 saturated carbocycles. The maximum atomic E-state index is 12.0. The van der Waals surface area contributed by atoms with Crippen LogP contribution in [0.1, 0.15) is 33.3 Å². The van der Waals surface area contributed by atoms with E-state index in [1.54, 1.807) is 36.5 Å². The number of carbonyl (C=O) groups is 2. The van der Waals surface area contributed by atoms with Crippen molar-refractivity contribution in [1.82, 2.24) is 4.98 Å². The summed E-state index contributed by atoms with van der Waals surface area (Å²) < 4.78 is 0. The van der Waals surface area contributed by atoms with Crippen LogP contribution in [0.15, 0.2) is 42.6 Å². The molecule has 1 aromatic carbocycles. The van der Waals surface area contributed by atoms with Crippen molar-refractivity contribution in [3.05, 3.63) is 59.4 Å². The fourth-order valence-electron chi connectivity index (χ4n) is 1.66. The number of nitrogens with one attached hydrogen (secondary N) is 1. The van der Waals surface area contributed by atoms with E-state index >= 15 is 0 Å². The van der Waals surface area contributed by atoms with Crippen molar-refractivity contribution in [2.75, 3.05) is 5.32 Å². The van der Waals surface area contributed by atoms with Crippen LogP contribution in [-0.4, -0.2) is 16.7 Å². The summed E-state index contributed by atoms with van der Waals surface area (Å²) >= 11 is 0. The lowest BCUT2D eigenvalue weighted by molar-refractivity contribution is 0.100. The molecule has 0 spiro atoms. The first-order valence-corrected chi connectivity index (χ1v) is 5.92. The van der Waals surface area contributed by atoms with Crippen molar-refractivity contribution in [3.63, 3.8) is 0 Å². The standard InChI is InChI=1S/C15H14N2O2/c1-10-6-7-12(11(2)18)9-14(10)17-15(19)13-5-3-4-8-16-13/h3-9H,1-2H3,(H,17,19). The SMILES string of the molecule is CC(=O)c1ccc(C)c(NC(=O)c2ccccn2)c1. The Bertz CT molecular complexity index is 621. The smallest absolute Gasteiger partial charge is 0.274 e. The number of benzene rings is 1. The zero-order valence-corrected chi connectivity index (χ0v) is 10.8. The molecule has 4 heteroatoms. The molecule has 0 bridgehead atoms.